The van der Waals surface area contributed by atoms with Gasteiger partial charge in [-0.2, -0.15) is 0 Å². The molecule has 0 radical (unpaired) electrons. The van der Waals surface area contributed by atoms with Gasteiger partial charge in [-0.25, -0.2) is 18.2 Å². The quantitative estimate of drug-likeness (QED) is 0.637. The molecule has 1 heterocycles. The summed E-state index contributed by atoms with van der Waals surface area (Å²) in [7, 11) is 0. The number of aromatic nitrogens is 1. The van der Waals surface area contributed by atoms with E-state index in [2.05, 4.69) is 4.98 Å². The Kier molecular flexibility index (Phi) is 5.14. The summed E-state index contributed by atoms with van der Waals surface area (Å²) in [5, 5.41) is 2.47. The van der Waals surface area contributed by atoms with Gasteiger partial charge in [0.1, 0.15) is 17.3 Å². The smallest absolute Gasteiger partial charge is 0.198 e. The summed E-state index contributed by atoms with van der Waals surface area (Å²) in [6.45, 7) is 0. The van der Waals surface area contributed by atoms with Crippen LogP contribution < -0.4 is 4.74 Å². The molecule has 0 aliphatic carbocycles. The van der Waals surface area contributed by atoms with Crippen molar-refractivity contribution in [2.45, 2.75) is 12.8 Å². The Morgan fingerprint density at radius 3 is 2.48 bits per heavy atom. The number of ether oxygens (including phenoxy) is 1. The topological polar surface area (TPSA) is 39.2 Å². The van der Waals surface area contributed by atoms with Crippen LogP contribution >= 0.6 is 11.3 Å². The highest BCUT2D eigenvalue weighted by Gasteiger charge is 2.17. The number of nitrogens with zero attached hydrogens (tertiary/aromatic N) is 1. The molecule has 1 aromatic heterocycles. The van der Waals surface area contributed by atoms with Gasteiger partial charge in [-0.1, -0.05) is 18.2 Å². The van der Waals surface area contributed by atoms with Crippen molar-refractivity contribution in [2.75, 3.05) is 0 Å². The van der Waals surface area contributed by atoms with Crippen LogP contribution in [0.4, 0.5) is 13.2 Å². The molecule has 0 N–H and O–H groups in total. The van der Waals surface area contributed by atoms with Crippen LogP contribution in [0.5, 0.6) is 11.5 Å². The summed E-state index contributed by atoms with van der Waals surface area (Å²) in [6, 6.07) is 7.51. The van der Waals surface area contributed by atoms with Gasteiger partial charge in [-0.3, -0.25) is 4.79 Å². The average molecular weight is 363 g/mol. The molecule has 25 heavy (non-hydrogen) atoms. The first-order valence-corrected chi connectivity index (χ1v) is 8.21. The third kappa shape index (κ3) is 4.24. The number of halogens is 3. The molecule has 7 heteroatoms. The molecule has 0 spiro atoms. The van der Waals surface area contributed by atoms with Crippen molar-refractivity contribution in [2.24, 2.45) is 0 Å². The summed E-state index contributed by atoms with van der Waals surface area (Å²) >= 11 is 1.38. The Morgan fingerprint density at radius 2 is 1.80 bits per heavy atom. The number of benzene rings is 2. The van der Waals surface area contributed by atoms with Crippen molar-refractivity contribution in [1.82, 2.24) is 4.98 Å². The second-order valence-electron chi connectivity index (χ2n) is 5.23. The minimum absolute atomic E-state index is 0.0280. The third-order valence-electron chi connectivity index (χ3n) is 3.37. The molecule has 0 unspecified atom stereocenters. The monoisotopic (exact) mass is 363 g/mol. The molecule has 0 bridgehead atoms. The summed E-state index contributed by atoms with van der Waals surface area (Å²) in [5.74, 6) is -4.01. The number of hydrogen-bond acceptors (Lipinski definition) is 4. The van der Waals surface area contributed by atoms with Gasteiger partial charge in [0.25, 0.3) is 0 Å². The summed E-state index contributed by atoms with van der Waals surface area (Å²) < 4.78 is 45.8. The average Bonchev–Trinajstić information content (AvgIpc) is 3.05. The molecular formula is C18H12F3NO2S. The SMILES string of the molecule is O=C(Cc1nccs1)Cc1ccccc1Oc1c(F)cc(F)cc1F. The lowest BCUT2D eigenvalue weighted by atomic mass is 10.1. The van der Waals surface area contributed by atoms with E-state index in [-0.39, 0.29) is 24.4 Å². The molecule has 0 aliphatic rings. The molecule has 128 valence electrons. The maximum Gasteiger partial charge on any atom is 0.198 e. The Bertz CT molecular complexity index is 874. The summed E-state index contributed by atoms with van der Waals surface area (Å²) in [5.41, 5.74) is 0.479. The number of hydrogen-bond donors (Lipinski definition) is 0. The number of rotatable bonds is 6. The Hall–Kier alpha value is -2.67. The molecule has 0 fully saturated rings. The van der Waals surface area contributed by atoms with E-state index in [0.717, 1.165) is 0 Å². The van der Waals surface area contributed by atoms with Crippen molar-refractivity contribution in [3.8, 4) is 11.5 Å². The molecule has 3 aromatic rings. The lowest BCUT2D eigenvalue weighted by Gasteiger charge is -2.12. The zero-order valence-electron chi connectivity index (χ0n) is 12.8. The fourth-order valence-corrected chi connectivity index (χ4v) is 2.91. The summed E-state index contributed by atoms with van der Waals surface area (Å²) in [4.78, 5) is 16.2. The van der Waals surface area contributed by atoms with Gasteiger partial charge in [0.05, 0.1) is 11.4 Å². The number of Topliss-reactive ketones (excluding diaryl/α,β-unsaturated/α-hetero) is 1. The first-order chi connectivity index (χ1) is 12.0. The van der Waals surface area contributed by atoms with Gasteiger partial charge in [0, 0.05) is 35.7 Å². The minimum atomic E-state index is -1.15. The largest absolute Gasteiger partial charge is 0.451 e. The first kappa shape index (κ1) is 17.2. The zero-order chi connectivity index (χ0) is 17.8. The predicted octanol–water partition coefficient (Wildman–Crippen LogP) is 4.71. The number of carbonyl (C=O) groups is 1. The maximum atomic E-state index is 13.8. The van der Waals surface area contributed by atoms with Crippen LogP contribution in [-0.4, -0.2) is 10.8 Å². The molecule has 2 aromatic carbocycles. The highest BCUT2D eigenvalue weighted by molar-refractivity contribution is 7.09. The van der Waals surface area contributed by atoms with Gasteiger partial charge in [-0.05, 0) is 6.07 Å². The number of carbonyl (C=O) groups excluding carboxylic acids is 1. The standard InChI is InChI=1S/C18H12F3NO2S/c19-12-8-14(20)18(15(21)9-12)24-16-4-2-1-3-11(16)7-13(23)10-17-22-5-6-25-17/h1-6,8-9H,7,10H2. The van der Waals surface area contributed by atoms with E-state index in [1.807, 2.05) is 0 Å². The van der Waals surface area contributed by atoms with Crippen LogP contribution in [0, 0.1) is 17.5 Å². The number of thiazole rings is 1. The van der Waals surface area contributed by atoms with Crippen LogP contribution in [0.3, 0.4) is 0 Å². The lowest BCUT2D eigenvalue weighted by molar-refractivity contribution is -0.117. The van der Waals surface area contributed by atoms with E-state index in [0.29, 0.717) is 22.7 Å². The second kappa shape index (κ2) is 7.48. The van der Waals surface area contributed by atoms with Gasteiger partial charge in [0.2, 0.25) is 0 Å². The van der Waals surface area contributed by atoms with E-state index in [4.69, 9.17) is 4.74 Å². The van der Waals surface area contributed by atoms with Crippen molar-refractivity contribution in [1.29, 1.82) is 0 Å². The van der Waals surface area contributed by atoms with Crippen LogP contribution in [0.25, 0.3) is 0 Å². The zero-order valence-corrected chi connectivity index (χ0v) is 13.7. The van der Waals surface area contributed by atoms with Crippen molar-refractivity contribution < 1.29 is 22.7 Å². The van der Waals surface area contributed by atoms with Gasteiger partial charge in [0.15, 0.2) is 17.4 Å². The number of para-hydroxylation sites is 1. The second-order valence-corrected chi connectivity index (χ2v) is 6.21. The van der Waals surface area contributed by atoms with Crippen molar-refractivity contribution in [3.63, 3.8) is 0 Å². The molecule has 3 nitrogen and oxygen atoms in total. The predicted molar refractivity (Wildman–Crippen MR) is 87.4 cm³/mol. The van der Waals surface area contributed by atoms with Gasteiger partial charge >= 0.3 is 0 Å². The van der Waals surface area contributed by atoms with Crippen LogP contribution in [-0.2, 0) is 17.6 Å². The van der Waals surface area contributed by atoms with Crippen molar-refractivity contribution in [3.05, 3.63) is 76.0 Å². The van der Waals surface area contributed by atoms with E-state index >= 15 is 0 Å². The van der Waals surface area contributed by atoms with Crippen molar-refractivity contribution >= 4 is 17.1 Å². The highest BCUT2D eigenvalue weighted by Crippen LogP contribution is 2.31. The normalized spacial score (nSPS) is 10.7. The third-order valence-corrected chi connectivity index (χ3v) is 4.15. The Balaban J connectivity index is 1.81. The fourth-order valence-electron chi connectivity index (χ4n) is 2.27. The molecule has 3 rings (SSSR count). The Labute approximate surface area is 145 Å². The Morgan fingerprint density at radius 1 is 1.08 bits per heavy atom. The lowest BCUT2D eigenvalue weighted by Crippen LogP contribution is -2.07. The molecule has 0 atom stereocenters. The van der Waals surface area contributed by atoms with E-state index in [1.54, 1.807) is 29.8 Å². The van der Waals surface area contributed by atoms with Crippen LogP contribution in [0.1, 0.15) is 10.6 Å². The van der Waals surface area contributed by atoms with Crippen LogP contribution in [0.15, 0.2) is 48.0 Å². The number of ketones is 1. The molecule has 0 saturated carbocycles. The van der Waals surface area contributed by atoms with Crippen LogP contribution in [0.2, 0.25) is 0 Å². The minimum Gasteiger partial charge on any atom is -0.451 e. The van der Waals surface area contributed by atoms with Gasteiger partial charge < -0.3 is 4.74 Å². The molecule has 0 amide bonds. The van der Waals surface area contributed by atoms with E-state index < -0.39 is 23.2 Å². The molecule has 0 saturated heterocycles. The maximum absolute atomic E-state index is 13.8. The molecule has 0 aliphatic heterocycles. The molecular weight excluding hydrogens is 351 g/mol. The van der Waals surface area contributed by atoms with E-state index in [1.165, 1.54) is 17.4 Å². The summed E-state index contributed by atoms with van der Waals surface area (Å²) in [6.07, 6.45) is 1.82. The van der Waals surface area contributed by atoms with E-state index in [9.17, 15) is 18.0 Å². The fraction of sp³-hybridized carbons (Fsp3) is 0.111. The van der Waals surface area contributed by atoms with Gasteiger partial charge in [-0.15, -0.1) is 11.3 Å². The first-order valence-electron chi connectivity index (χ1n) is 7.33. The highest BCUT2D eigenvalue weighted by atomic mass is 32.1.